The Labute approximate surface area is 273 Å². The van der Waals surface area contributed by atoms with Crippen molar-refractivity contribution in [1.82, 2.24) is 4.90 Å². The fourth-order valence-electron chi connectivity index (χ4n) is 6.09. The highest BCUT2D eigenvalue weighted by Crippen LogP contribution is 2.42. The van der Waals surface area contributed by atoms with E-state index in [9.17, 15) is 14.4 Å². The minimum Gasteiger partial charge on any atom is -0.497 e. The van der Waals surface area contributed by atoms with Gasteiger partial charge >= 0.3 is 5.97 Å². The number of carbonyl (C=O) groups excluding carboxylic acids is 3. The van der Waals surface area contributed by atoms with Crippen LogP contribution in [0.2, 0.25) is 0 Å². The Morgan fingerprint density at radius 1 is 0.761 bits per heavy atom. The van der Waals surface area contributed by atoms with Crippen LogP contribution < -0.4 is 9.47 Å². The van der Waals surface area contributed by atoms with E-state index in [1.54, 1.807) is 14.2 Å². The van der Waals surface area contributed by atoms with Crippen LogP contribution in [0.4, 0.5) is 0 Å². The molecule has 0 bridgehead atoms. The van der Waals surface area contributed by atoms with Crippen LogP contribution in [-0.4, -0.2) is 62.1 Å². The highest BCUT2D eigenvalue weighted by Gasteiger charge is 2.42. The lowest BCUT2D eigenvalue weighted by atomic mass is 9.80. The van der Waals surface area contributed by atoms with Crippen molar-refractivity contribution < 1.29 is 33.3 Å². The zero-order chi connectivity index (χ0) is 32.9. The number of hydrogen-bond acceptors (Lipinski definition) is 7. The van der Waals surface area contributed by atoms with Gasteiger partial charge in [-0.3, -0.25) is 9.59 Å². The van der Waals surface area contributed by atoms with Crippen LogP contribution in [0.15, 0.2) is 78.9 Å². The molecule has 8 heteroatoms. The number of benzene rings is 3. The molecule has 4 rings (SSSR count). The highest BCUT2D eigenvalue weighted by molar-refractivity contribution is 5.81. The van der Waals surface area contributed by atoms with Crippen molar-refractivity contribution >= 4 is 17.7 Å². The minimum absolute atomic E-state index is 0.0318. The van der Waals surface area contributed by atoms with E-state index in [0.29, 0.717) is 19.4 Å². The van der Waals surface area contributed by atoms with E-state index in [-0.39, 0.29) is 37.2 Å². The SMILES string of the molecule is CCCCCCC(=O)N1C[C@H](OC(=O)CCC(C)=O)C[C@H]1COC(c1ccccc1)(c1ccc(OC)cc1)c1ccc(OC)cc1. The van der Waals surface area contributed by atoms with E-state index in [4.69, 9.17) is 18.9 Å². The first-order chi connectivity index (χ1) is 22.3. The second-order valence-electron chi connectivity index (χ2n) is 11.9. The van der Waals surface area contributed by atoms with Crippen LogP contribution in [-0.2, 0) is 29.5 Å². The number of ether oxygens (including phenoxy) is 4. The third kappa shape index (κ3) is 8.75. The van der Waals surface area contributed by atoms with Gasteiger partial charge < -0.3 is 28.6 Å². The molecule has 246 valence electrons. The second kappa shape index (κ2) is 16.9. The van der Waals surface area contributed by atoms with Crippen LogP contribution in [0.3, 0.4) is 0 Å². The summed E-state index contributed by atoms with van der Waals surface area (Å²) in [7, 11) is 3.27. The number of Topliss-reactive ketones (excluding diaryl/α,β-unsaturated/α-hetero) is 1. The van der Waals surface area contributed by atoms with Crippen LogP contribution >= 0.6 is 0 Å². The Morgan fingerprint density at radius 3 is 1.89 bits per heavy atom. The Kier molecular flexibility index (Phi) is 12.8. The summed E-state index contributed by atoms with van der Waals surface area (Å²) in [4.78, 5) is 39.4. The van der Waals surface area contributed by atoms with Gasteiger partial charge in [-0.1, -0.05) is 80.8 Å². The molecule has 1 fully saturated rings. The van der Waals surface area contributed by atoms with Crippen molar-refractivity contribution in [2.45, 2.75) is 83.0 Å². The fraction of sp³-hybridized carbons (Fsp3) is 0.447. The van der Waals surface area contributed by atoms with Crippen LogP contribution in [0.1, 0.15) is 81.9 Å². The zero-order valence-electron chi connectivity index (χ0n) is 27.5. The molecule has 1 heterocycles. The first kappa shape index (κ1) is 34.7. The maximum atomic E-state index is 13.6. The maximum absolute atomic E-state index is 13.6. The third-order valence-corrected chi connectivity index (χ3v) is 8.59. The summed E-state index contributed by atoms with van der Waals surface area (Å²) in [5, 5.41) is 0. The average molecular weight is 630 g/mol. The van der Waals surface area contributed by atoms with Crippen LogP contribution in [0.5, 0.6) is 11.5 Å². The summed E-state index contributed by atoms with van der Waals surface area (Å²) in [6, 6.07) is 25.4. The summed E-state index contributed by atoms with van der Waals surface area (Å²) in [6.45, 7) is 4.11. The molecule has 3 aromatic carbocycles. The van der Waals surface area contributed by atoms with Gasteiger partial charge in [0.05, 0.1) is 39.8 Å². The number of likely N-dealkylation sites (tertiary alicyclic amines) is 1. The lowest BCUT2D eigenvalue weighted by Crippen LogP contribution is -2.42. The normalized spacial score (nSPS) is 16.2. The molecule has 0 N–H and O–H groups in total. The number of esters is 1. The molecule has 0 radical (unpaired) electrons. The molecular weight excluding hydrogens is 582 g/mol. The smallest absolute Gasteiger partial charge is 0.306 e. The van der Waals surface area contributed by atoms with Crippen molar-refractivity contribution in [3.05, 3.63) is 95.6 Å². The number of nitrogens with zero attached hydrogens (tertiary/aromatic N) is 1. The predicted octanol–water partition coefficient (Wildman–Crippen LogP) is 6.86. The van der Waals surface area contributed by atoms with E-state index in [2.05, 4.69) is 6.92 Å². The number of unbranched alkanes of at least 4 members (excludes halogenated alkanes) is 3. The predicted molar refractivity (Wildman–Crippen MR) is 177 cm³/mol. The van der Waals surface area contributed by atoms with Crippen molar-refractivity contribution in [1.29, 1.82) is 0 Å². The molecule has 0 aromatic heterocycles. The molecule has 8 nitrogen and oxygen atoms in total. The van der Waals surface area contributed by atoms with E-state index >= 15 is 0 Å². The van der Waals surface area contributed by atoms with E-state index in [1.807, 2.05) is 83.8 Å². The summed E-state index contributed by atoms with van der Waals surface area (Å²) in [5.74, 6) is 1.00. The zero-order valence-corrected chi connectivity index (χ0v) is 27.5. The molecule has 0 aliphatic carbocycles. The first-order valence-corrected chi connectivity index (χ1v) is 16.3. The molecule has 2 atom stereocenters. The first-order valence-electron chi connectivity index (χ1n) is 16.3. The van der Waals surface area contributed by atoms with Crippen molar-refractivity contribution in [3.8, 4) is 11.5 Å². The lowest BCUT2D eigenvalue weighted by Gasteiger charge is -2.38. The highest BCUT2D eigenvalue weighted by atomic mass is 16.5. The van der Waals surface area contributed by atoms with Crippen molar-refractivity contribution in [3.63, 3.8) is 0 Å². The standard InChI is InChI=1S/C38H47NO7/c1-5-6-7-11-14-36(41)39-26-35(46-37(42)24-15-28(2)40)25-32(39)27-45-38(29-12-9-8-10-13-29,30-16-20-33(43-3)21-17-30)31-18-22-34(44-4)23-19-31/h8-10,12-13,16-23,32,35H,5-7,11,14-15,24-27H2,1-4H3/t32-,35+/m0/s1. The van der Waals surface area contributed by atoms with Crippen molar-refractivity contribution in [2.24, 2.45) is 0 Å². The molecule has 0 spiro atoms. The molecule has 1 amide bonds. The summed E-state index contributed by atoms with van der Waals surface area (Å²) in [5.41, 5.74) is 1.68. The van der Waals surface area contributed by atoms with E-state index in [1.165, 1.54) is 6.92 Å². The van der Waals surface area contributed by atoms with Gasteiger partial charge in [-0.15, -0.1) is 0 Å². The Morgan fingerprint density at radius 2 is 1.35 bits per heavy atom. The van der Waals surface area contributed by atoms with Gasteiger partial charge in [0.2, 0.25) is 5.91 Å². The number of rotatable bonds is 17. The number of ketones is 1. The van der Waals surface area contributed by atoms with E-state index < -0.39 is 17.7 Å². The topological polar surface area (TPSA) is 91.4 Å². The van der Waals surface area contributed by atoms with Gasteiger partial charge in [-0.2, -0.15) is 0 Å². The number of hydrogen-bond donors (Lipinski definition) is 0. The van der Waals surface area contributed by atoms with Gasteiger partial charge in [0.25, 0.3) is 0 Å². The summed E-state index contributed by atoms with van der Waals surface area (Å²) >= 11 is 0. The Balaban J connectivity index is 1.69. The number of carbonyl (C=O) groups is 3. The minimum atomic E-state index is -1.04. The largest absolute Gasteiger partial charge is 0.497 e. The molecule has 1 saturated heterocycles. The second-order valence-corrected chi connectivity index (χ2v) is 11.9. The van der Waals surface area contributed by atoms with Crippen LogP contribution in [0, 0.1) is 0 Å². The van der Waals surface area contributed by atoms with Gasteiger partial charge in [0.15, 0.2) is 0 Å². The molecule has 1 aliphatic rings. The fourth-order valence-corrected chi connectivity index (χ4v) is 6.09. The number of methoxy groups -OCH3 is 2. The maximum Gasteiger partial charge on any atom is 0.306 e. The van der Waals surface area contributed by atoms with Crippen LogP contribution in [0.25, 0.3) is 0 Å². The summed E-state index contributed by atoms with van der Waals surface area (Å²) in [6.07, 6.45) is 4.56. The summed E-state index contributed by atoms with van der Waals surface area (Å²) < 4.78 is 23.8. The van der Waals surface area contributed by atoms with Crippen molar-refractivity contribution in [2.75, 3.05) is 27.4 Å². The number of amides is 1. The lowest BCUT2D eigenvalue weighted by molar-refractivity contribution is -0.150. The average Bonchev–Trinajstić information content (AvgIpc) is 3.49. The molecule has 0 saturated carbocycles. The Bertz CT molecular complexity index is 1360. The van der Waals surface area contributed by atoms with Gasteiger partial charge in [-0.25, -0.2) is 0 Å². The molecular formula is C38H47NO7. The molecule has 1 aliphatic heterocycles. The van der Waals surface area contributed by atoms with Gasteiger partial charge in [0.1, 0.15) is 29.0 Å². The van der Waals surface area contributed by atoms with E-state index in [0.717, 1.165) is 53.9 Å². The molecule has 0 unspecified atom stereocenters. The molecule has 3 aromatic rings. The quantitative estimate of drug-likeness (QED) is 0.0915. The van der Waals surface area contributed by atoms with Gasteiger partial charge in [-0.05, 0) is 54.3 Å². The van der Waals surface area contributed by atoms with Gasteiger partial charge in [0, 0.05) is 19.3 Å². The molecule has 46 heavy (non-hydrogen) atoms. The third-order valence-electron chi connectivity index (χ3n) is 8.59. The monoisotopic (exact) mass is 629 g/mol. The Hall–Kier alpha value is -4.17.